The van der Waals surface area contributed by atoms with E-state index in [0.29, 0.717) is 30.9 Å². The Morgan fingerprint density at radius 2 is 1.67 bits per heavy atom. The summed E-state index contributed by atoms with van der Waals surface area (Å²) in [5.41, 5.74) is 2.13. The maximum atomic E-state index is 13.2. The summed E-state index contributed by atoms with van der Waals surface area (Å²) in [5.74, 6) is -0.127. The van der Waals surface area contributed by atoms with Gasteiger partial charge in [-0.05, 0) is 60.6 Å². The van der Waals surface area contributed by atoms with E-state index in [9.17, 15) is 14.4 Å². The van der Waals surface area contributed by atoms with Crippen LogP contribution >= 0.6 is 0 Å². The van der Waals surface area contributed by atoms with Crippen molar-refractivity contribution in [3.05, 3.63) is 65.7 Å². The topological polar surface area (TPSA) is 78.5 Å². The molecule has 0 radical (unpaired) electrons. The molecule has 0 atom stereocenters. The van der Waals surface area contributed by atoms with Crippen LogP contribution in [0.25, 0.3) is 0 Å². The summed E-state index contributed by atoms with van der Waals surface area (Å²) < 4.78 is 0. The Kier molecular flexibility index (Phi) is 6.28. The maximum absolute atomic E-state index is 13.2. The van der Waals surface area contributed by atoms with Crippen LogP contribution in [0.15, 0.2) is 54.6 Å². The highest BCUT2D eigenvalue weighted by molar-refractivity contribution is 6.10. The first kappa shape index (κ1) is 23.0. The molecule has 4 amide bonds. The predicted molar refractivity (Wildman–Crippen MR) is 129 cm³/mol. The van der Waals surface area contributed by atoms with E-state index in [4.69, 9.17) is 0 Å². The van der Waals surface area contributed by atoms with Gasteiger partial charge in [-0.25, -0.2) is 4.79 Å². The van der Waals surface area contributed by atoms with Gasteiger partial charge in [-0.2, -0.15) is 0 Å². The molecule has 4 rings (SSSR count). The lowest BCUT2D eigenvalue weighted by Gasteiger charge is -2.40. The minimum absolute atomic E-state index is 0.181. The molecule has 1 saturated carbocycles. The zero-order valence-electron chi connectivity index (χ0n) is 19.7. The van der Waals surface area contributed by atoms with Crippen LogP contribution in [0.2, 0.25) is 0 Å². The van der Waals surface area contributed by atoms with Gasteiger partial charge in [-0.3, -0.25) is 14.5 Å². The van der Waals surface area contributed by atoms with Gasteiger partial charge < -0.3 is 10.6 Å². The van der Waals surface area contributed by atoms with Crippen LogP contribution in [0, 0.1) is 11.3 Å². The van der Waals surface area contributed by atoms with Crippen molar-refractivity contribution >= 4 is 23.5 Å². The van der Waals surface area contributed by atoms with Crippen molar-refractivity contribution in [1.82, 2.24) is 10.2 Å². The minimum atomic E-state index is -0.857. The van der Waals surface area contributed by atoms with E-state index in [1.54, 1.807) is 0 Å². The number of carbonyl (C=O) groups excluding carboxylic acids is 3. The molecule has 1 heterocycles. The molecule has 2 fully saturated rings. The highest BCUT2D eigenvalue weighted by Gasteiger charge is 2.53. The molecule has 0 bridgehead atoms. The normalized spacial score (nSPS) is 23.0. The number of benzene rings is 2. The Labute approximate surface area is 195 Å². The second-order valence-electron chi connectivity index (χ2n) is 10.4. The SMILES string of the molecule is CC(C)(C)C1CCC2(CC1)NC(=O)N(CC(=O)Nc1ccccc1Cc1ccccc1)C2=O. The number of hydrogen-bond donors (Lipinski definition) is 2. The number of urea groups is 1. The molecule has 1 aliphatic carbocycles. The van der Waals surface area contributed by atoms with E-state index in [0.717, 1.165) is 28.9 Å². The number of rotatable bonds is 5. The van der Waals surface area contributed by atoms with Gasteiger partial charge in [0.25, 0.3) is 5.91 Å². The predicted octanol–water partition coefficient (Wildman–Crippen LogP) is 4.74. The molecule has 1 spiro atoms. The average molecular weight is 448 g/mol. The van der Waals surface area contributed by atoms with Crippen LogP contribution in [0.1, 0.15) is 57.6 Å². The molecule has 174 valence electrons. The first-order chi connectivity index (χ1) is 15.7. The van der Waals surface area contributed by atoms with Crippen molar-refractivity contribution in [2.45, 2.75) is 58.4 Å². The molecular weight excluding hydrogens is 414 g/mol. The maximum Gasteiger partial charge on any atom is 0.325 e. The first-order valence-electron chi connectivity index (χ1n) is 11.7. The first-order valence-corrected chi connectivity index (χ1v) is 11.7. The van der Waals surface area contributed by atoms with Gasteiger partial charge >= 0.3 is 6.03 Å². The van der Waals surface area contributed by atoms with Crippen LogP contribution in [0.5, 0.6) is 0 Å². The fraction of sp³-hybridized carbons (Fsp3) is 0.444. The zero-order valence-corrected chi connectivity index (χ0v) is 19.7. The van der Waals surface area contributed by atoms with Crippen molar-refractivity contribution < 1.29 is 14.4 Å². The zero-order chi connectivity index (χ0) is 23.6. The number of imide groups is 1. The molecule has 6 nitrogen and oxygen atoms in total. The van der Waals surface area contributed by atoms with Crippen molar-refractivity contribution in [2.75, 3.05) is 11.9 Å². The summed E-state index contributed by atoms with van der Waals surface area (Å²) in [4.78, 5) is 39.8. The lowest BCUT2D eigenvalue weighted by molar-refractivity contribution is -0.135. The third-order valence-electron chi connectivity index (χ3n) is 7.14. The lowest BCUT2D eigenvalue weighted by atomic mass is 9.67. The summed E-state index contributed by atoms with van der Waals surface area (Å²) in [5, 5.41) is 5.82. The van der Waals surface area contributed by atoms with Crippen molar-refractivity contribution in [3.8, 4) is 0 Å². The van der Waals surface area contributed by atoms with E-state index in [-0.39, 0.29) is 23.8 Å². The second kappa shape index (κ2) is 9.00. The molecule has 0 unspecified atom stereocenters. The Balaban J connectivity index is 1.41. The number of anilines is 1. The van der Waals surface area contributed by atoms with Crippen LogP contribution < -0.4 is 10.6 Å². The third kappa shape index (κ3) is 4.95. The fourth-order valence-corrected chi connectivity index (χ4v) is 5.08. The molecule has 1 aliphatic heterocycles. The van der Waals surface area contributed by atoms with Gasteiger partial charge in [-0.15, -0.1) is 0 Å². The molecule has 2 aliphatic rings. The van der Waals surface area contributed by atoms with E-state index >= 15 is 0 Å². The molecule has 2 aromatic rings. The van der Waals surface area contributed by atoms with Crippen LogP contribution in [0.3, 0.4) is 0 Å². The number of nitrogens with zero attached hydrogens (tertiary/aromatic N) is 1. The number of para-hydroxylation sites is 1. The van der Waals surface area contributed by atoms with Gasteiger partial charge in [-0.1, -0.05) is 69.3 Å². The number of hydrogen-bond acceptors (Lipinski definition) is 3. The van der Waals surface area contributed by atoms with Gasteiger partial charge in [0, 0.05) is 5.69 Å². The van der Waals surface area contributed by atoms with Gasteiger partial charge in [0.2, 0.25) is 5.91 Å². The second-order valence-corrected chi connectivity index (χ2v) is 10.4. The number of carbonyl (C=O) groups is 3. The molecule has 6 heteroatoms. The van der Waals surface area contributed by atoms with E-state index < -0.39 is 11.6 Å². The van der Waals surface area contributed by atoms with E-state index in [1.807, 2.05) is 54.6 Å². The fourth-order valence-electron chi connectivity index (χ4n) is 5.08. The molecule has 1 saturated heterocycles. The monoisotopic (exact) mass is 447 g/mol. The summed E-state index contributed by atoms with van der Waals surface area (Å²) in [6, 6.07) is 17.2. The van der Waals surface area contributed by atoms with Gasteiger partial charge in [0.15, 0.2) is 0 Å². The van der Waals surface area contributed by atoms with E-state index in [1.165, 1.54) is 0 Å². The summed E-state index contributed by atoms with van der Waals surface area (Å²) in [7, 11) is 0. The summed E-state index contributed by atoms with van der Waals surface area (Å²) in [6.07, 6.45) is 3.71. The molecular formula is C27H33N3O3. The van der Waals surface area contributed by atoms with Crippen molar-refractivity contribution in [3.63, 3.8) is 0 Å². The largest absolute Gasteiger partial charge is 0.325 e. The van der Waals surface area contributed by atoms with Gasteiger partial charge in [0.1, 0.15) is 12.1 Å². The van der Waals surface area contributed by atoms with Gasteiger partial charge in [0.05, 0.1) is 0 Å². The van der Waals surface area contributed by atoms with Crippen LogP contribution in [-0.4, -0.2) is 34.8 Å². The number of nitrogens with one attached hydrogen (secondary N) is 2. The molecule has 2 N–H and O–H groups in total. The number of amides is 4. The molecule has 2 aromatic carbocycles. The molecule has 33 heavy (non-hydrogen) atoms. The van der Waals surface area contributed by atoms with E-state index in [2.05, 4.69) is 31.4 Å². The van der Waals surface area contributed by atoms with Crippen LogP contribution in [0.4, 0.5) is 10.5 Å². The quantitative estimate of drug-likeness (QED) is 0.650. The minimum Gasteiger partial charge on any atom is -0.324 e. The highest BCUT2D eigenvalue weighted by atomic mass is 16.2. The Bertz CT molecular complexity index is 1030. The van der Waals surface area contributed by atoms with Crippen LogP contribution in [-0.2, 0) is 16.0 Å². The average Bonchev–Trinajstić information content (AvgIpc) is 2.99. The third-order valence-corrected chi connectivity index (χ3v) is 7.14. The van der Waals surface area contributed by atoms with Crippen molar-refractivity contribution in [2.24, 2.45) is 11.3 Å². The standard InChI is InChI=1S/C27H33N3O3/c1-26(2,3)21-13-15-27(16-14-21)24(32)30(25(33)29-27)18-23(31)28-22-12-8-7-11-20(22)17-19-9-5-4-6-10-19/h4-12,21H,13-18H2,1-3H3,(H,28,31)(H,29,33). The summed E-state index contributed by atoms with van der Waals surface area (Å²) in [6.45, 7) is 6.37. The molecule has 0 aromatic heterocycles. The Morgan fingerprint density at radius 3 is 2.33 bits per heavy atom. The Hall–Kier alpha value is -3.15. The van der Waals surface area contributed by atoms with Crippen molar-refractivity contribution in [1.29, 1.82) is 0 Å². The smallest absolute Gasteiger partial charge is 0.324 e. The summed E-state index contributed by atoms with van der Waals surface area (Å²) >= 11 is 0. The lowest BCUT2D eigenvalue weighted by Crippen LogP contribution is -2.51. The Morgan fingerprint density at radius 1 is 1.03 bits per heavy atom. The highest BCUT2D eigenvalue weighted by Crippen LogP contribution is 2.43.